The number of fused-ring (bicyclic) bond motifs is 6. The number of nitrogens with one attached hydrogen (secondary N) is 6. The van der Waals surface area contributed by atoms with Gasteiger partial charge in [0.25, 0.3) is 35.4 Å². The Kier molecular flexibility index (Phi) is 25.9. The Morgan fingerprint density at radius 3 is 0.542 bits per heavy atom. The third-order valence-corrected chi connectivity index (χ3v) is 11.4. The summed E-state index contributed by atoms with van der Waals surface area (Å²) in [4.78, 5) is 78.3. The third-order valence-electron chi connectivity index (χ3n) is 11.4. The molecule has 4 aromatic rings. The highest BCUT2D eigenvalue weighted by atomic mass is 16.5. The summed E-state index contributed by atoms with van der Waals surface area (Å²) in [6.07, 6.45) is 10.1. The Morgan fingerprint density at radius 1 is 0.278 bits per heavy atom. The van der Waals surface area contributed by atoms with Gasteiger partial charge in [0.2, 0.25) is 0 Å². The lowest BCUT2D eigenvalue weighted by molar-refractivity contribution is -0.124. The monoisotopic (exact) mass is 1000 g/mol. The lowest BCUT2D eigenvalue weighted by atomic mass is 9.93. The SMILES string of the molecule is CCCCNC(=O)COc1cc2c3cc(OCC(=O)NCCCC)c(OCC(=O)NCCCC)cc3c3cc(OCC(=O)NCCCC)c(OCC(=O)NCCCC)cc3c2cc1OCC(=O)NCCCC. The van der Waals surface area contributed by atoms with Gasteiger partial charge in [-0.2, -0.15) is 0 Å². The van der Waals surface area contributed by atoms with Gasteiger partial charge >= 0.3 is 0 Å². The molecule has 18 nitrogen and oxygen atoms in total. The standard InChI is InChI=1S/C54H78N6O12/c1-7-13-19-55-49(61)31-67-43-25-37-38(26-44(43)68-32-50(62)56-20-14-8-2)40-28-46(70-34-52(64)58-22-16-10-4)48(72-36-54(66)60-24-18-12-6)30-42(40)41-29-47(71-35-53(65)59-23-17-11-5)45(27-39(37)41)69-33-51(63)57-21-15-9-3/h25-30H,7-24,31-36H2,1-6H3,(H,55,61)(H,56,62)(H,57,63)(H,58,64)(H,59,65)(H,60,66). The molecule has 0 saturated carbocycles. The molecule has 0 spiro atoms. The fourth-order valence-electron chi connectivity index (χ4n) is 7.29. The lowest BCUT2D eigenvalue weighted by Crippen LogP contribution is -2.30. The summed E-state index contributed by atoms with van der Waals surface area (Å²) in [6.45, 7) is 12.8. The molecule has 4 rings (SSSR count). The van der Waals surface area contributed by atoms with Crippen molar-refractivity contribution in [3.63, 3.8) is 0 Å². The average Bonchev–Trinajstić information content (AvgIpc) is 3.37. The molecule has 18 heteroatoms. The van der Waals surface area contributed by atoms with Crippen molar-refractivity contribution in [3.8, 4) is 34.5 Å². The van der Waals surface area contributed by atoms with E-state index in [1.807, 2.05) is 41.5 Å². The number of ether oxygens (including phenoxy) is 6. The number of benzene rings is 4. The lowest BCUT2D eigenvalue weighted by Gasteiger charge is -2.20. The molecule has 0 bridgehead atoms. The smallest absolute Gasteiger partial charge is 0.257 e. The van der Waals surface area contributed by atoms with Crippen molar-refractivity contribution in [2.45, 2.75) is 119 Å². The van der Waals surface area contributed by atoms with Crippen LogP contribution in [0.15, 0.2) is 36.4 Å². The average molecular weight is 1000 g/mol. The van der Waals surface area contributed by atoms with E-state index in [0.29, 0.717) is 71.6 Å². The molecular formula is C54H78N6O12. The molecule has 4 aromatic carbocycles. The molecule has 396 valence electrons. The maximum atomic E-state index is 13.0. The van der Waals surface area contributed by atoms with E-state index in [1.165, 1.54) is 0 Å². The van der Waals surface area contributed by atoms with Crippen LogP contribution in [-0.4, -0.2) is 114 Å². The van der Waals surface area contributed by atoms with Crippen LogP contribution in [0, 0.1) is 0 Å². The van der Waals surface area contributed by atoms with E-state index in [2.05, 4.69) is 31.9 Å². The second-order valence-corrected chi connectivity index (χ2v) is 17.5. The highest BCUT2D eigenvalue weighted by molar-refractivity contribution is 6.27. The topological polar surface area (TPSA) is 230 Å². The minimum absolute atomic E-state index is 0.159. The van der Waals surface area contributed by atoms with Crippen LogP contribution in [0.4, 0.5) is 0 Å². The number of carbonyl (C=O) groups excluding carboxylic acids is 6. The maximum Gasteiger partial charge on any atom is 0.257 e. The quantitative estimate of drug-likeness (QED) is 0.0202. The zero-order valence-electron chi connectivity index (χ0n) is 43.3. The van der Waals surface area contributed by atoms with Crippen molar-refractivity contribution >= 4 is 67.8 Å². The first-order chi connectivity index (χ1) is 35.0. The second kappa shape index (κ2) is 32.3. The zero-order valence-corrected chi connectivity index (χ0v) is 43.3. The Morgan fingerprint density at radius 2 is 0.417 bits per heavy atom. The number of carbonyl (C=O) groups is 6. The zero-order chi connectivity index (χ0) is 52.1. The minimum Gasteiger partial charge on any atom is -0.480 e. The predicted molar refractivity (Wildman–Crippen MR) is 279 cm³/mol. The Balaban J connectivity index is 2.04. The molecule has 0 saturated heterocycles. The van der Waals surface area contributed by atoms with Crippen molar-refractivity contribution in [3.05, 3.63) is 36.4 Å². The molecule has 0 aromatic heterocycles. The number of unbranched alkanes of at least 4 members (excludes halogenated alkanes) is 6. The first-order valence-corrected chi connectivity index (χ1v) is 25.9. The van der Waals surface area contributed by atoms with Gasteiger partial charge in [0.1, 0.15) is 0 Å². The Bertz CT molecular complexity index is 1960. The van der Waals surface area contributed by atoms with Crippen molar-refractivity contribution in [2.24, 2.45) is 0 Å². The highest BCUT2D eigenvalue weighted by Gasteiger charge is 2.23. The predicted octanol–water partition coefficient (Wildman–Crippen LogP) is 6.92. The number of rotatable bonds is 36. The van der Waals surface area contributed by atoms with Gasteiger partial charge in [-0.15, -0.1) is 0 Å². The molecule has 0 aliphatic rings. The number of amides is 6. The normalized spacial score (nSPS) is 10.9. The van der Waals surface area contributed by atoms with Crippen molar-refractivity contribution in [2.75, 3.05) is 78.9 Å². The summed E-state index contributed by atoms with van der Waals surface area (Å²) in [5.74, 6) is -1.16. The van der Waals surface area contributed by atoms with Crippen molar-refractivity contribution in [1.29, 1.82) is 0 Å². The van der Waals surface area contributed by atoms with Crippen molar-refractivity contribution in [1.82, 2.24) is 31.9 Å². The molecule has 0 radical (unpaired) electrons. The summed E-state index contributed by atoms with van der Waals surface area (Å²) in [5.41, 5.74) is 0. The van der Waals surface area contributed by atoms with Gasteiger partial charge in [0, 0.05) is 39.3 Å². The molecule has 0 unspecified atom stereocenters. The number of hydrogen-bond acceptors (Lipinski definition) is 12. The molecular weight excluding hydrogens is 925 g/mol. The van der Waals surface area contributed by atoms with Gasteiger partial charge in [0.15, 0.2) is 74.1 Å². The van der Waals surface area contributed by atoms with Crippen LogP contribution in [0.3, 0.4) is 0 Å². The molecule has 6 N–H and O–H groups in total. The van der Waals surface area contributed by atoms with Gasteiger partial charge < -0.3 is 60.3 Å². The van der Waals surface area contributed by atoms with E-state index in [1.54, 1.807) is 36.4 Å². The summed E-state index contributed by atoms with van der Waals surface area (Å²) in [7, 11) is 0. The summed E-state index contributed by atoms with van der Waals surface area (Å²) in [5, 5.41) is 20.6. The fraction of sp³-hybridized carbons (Fsp3) is 0.556. The largest absolute Gasteiger partial charge is 0.480 e. The fourth-order valence-corrected chi connectivity index (χ4v) is 7.29. The van der Waals surface area contributed by atoms with Crippen LogP contribution in [0.1, 0.15) is 119 Å². The van der Waals surface area contributed by atoms with Gasteiger partial charge in [-0.05, 0) is 107 Å². The van der Waals surface area contributed by atoms with E-state index >= 15 is 0 Å². The molecule has 6 amide bonds. The van der Waals surface area contributed by atoms with Crippen LogP contribution < -0.4 is 60.3 Å². The molecule has 0 fully saturated rings. The van der Waals surface area contributed by atoms with E-state index in [-0.39, 0.29) is 110 Å². The van der Waals surface area contributed by atoms with Crippen LogP contribution in [0.25, 0.3) is 32.3 Å². The molecule has 72 heavy (non-hydrogen) atoms. The van der Waals surface area contributed by atoms with Gasteiger partial charge in [-0.3, -0.25) is 28.8 Å². The molecule has 0 atom stereocenters. The van der Waals surface area contributed by atoms with Crippen LogP contribution >= 0.6 is 0 Å². The van der Waals surface area contributed by atoms with Crippen LogP contribution in [0.5, 0.6) is 34.5 Å². The van der Waals surface area contributed by atoms with Gasteiger partial charge in [-0.1, -0.05) is 80.1 Å². The number of hydrogen-bond donors (Lipinski definition) is 6. The summed E-state index contributed by atoms with van der Waals surface area (Å²) in [6, 6.07) is 10.2. The Labute approximate surface area is 424 Å². The van der Waals surface area contributed by atoms with E-state index in [0.717, 1.165) is 77.0 Å². The molecule has 0 aliphatic carbocycles. The van der Waals surface area contributed by atoms with Crippen molar-refractivity contribution < 1.29 is 57.2 Å². The van der Waals surface area contributed by atoms with Crippen LogP contribution in [0.2, 0.25) is 0 Å². The maximum absolute atomic E-state index is 13.0. The first kappa shape index (κ1) is 57.9. The van der Waals surface area contributed by atoms with E-state index in [9.17, 15) is 28.8 Å². The summed E-state index contributed by atoms with van der Waals surface area (Å²) < 4.78 is 37.2. The van der Waals surface area contributed by atoms with Gasteiger partial charge in [-0.25, -0.2) is 0 Å². The van der Waals surface area contributed by atoms with E-state index < -0.39 is 0 Å². The third kappa shape index (κ3) is 19.1. The minimum atomic E-state index is -0.357. The van der Waals surface area contributed by atoms with Crippen LogP contribution in [-0.2, 0) is 28.8 Å². The summed E-state index contributed by atoms with van der Waals surface area (Å²) >= 11 is 0. The second-order valence-electron chi connectivity index (χ2n) is 17.5. The van der Waals surface area contributed by atoms with E-state index in [4.69, 9.17) is 28.4 Å². The van der Waals surface area contributed by atoms with Gasteiger partial charge in [0.05, 0.1) is 0 Å². The first-order valence-electron chi connectivity index (χ1n) is 25.9. The highest BCUT2D eigenvalue weighted by Crippen LogP contribution is 2.47. The molecule has 0 aliphatic heterocycles. The Hall–Kier alpha value is -6.72. The molecule has 0 heterocycles.